The summed E-state index contributed by atoms with van der Waals surface area (Å²) in [4.78, 5) is 2.87. The van der Waals surface area contributed by atoms with E-state index in [1.165, 1.54) is 39.2 Å². The third kappa shape index (κ3) is 7.80. The zero-order valence-electron chi connectivity index (χ0n) is 11.6. The quantitative estimate of drug-likeness (QED) is 0.319. The lowest BCUT2D eigenvalue weighted by Crippen LogP contribution is -2.00. The maximum absolute atomic E-state index is 4.33. The average molecular weight is 433 g/mol. The molecule has 2 unspecified atom stereocenters. The van der Waals surface area contributed by atoms with Gasteiger partial charge in [-0.25, -0.2) is 0 Å². The molecule has 2 aliphatic heterocycles. The summed E-state index contributed by atoms with van der Waals surface area (Å²) in [5, 5.41) is 4.56. The van der Waals surface area contributed by atoms with E-state index in [-0.39, 0.29) is 0 Å². The van der Waals surface area contributed by atoms with Crippen LogP contribution in [0, 0.1) is 0 Å². The Labute approximate surface area is 165 Å². The summed E-state index contributed by atoms with van der Waals surface area (Å²) in [5.74, 6) is 6.92. The van der Waals surface area contributed by atoms with Crippen LogP contribution in [0.25, 0.3) is 0 Å². The van der Waals surface area contributed by atoms with Gasteiger partial charge in [0.05, 0.1) is 9.16 Å². The highest BCUT2D eigenvalue weighted by molar-refractivity contribution is 8.24. The molecule has 0 radical (unpaired) electrons. The summed E-state index contributed by atoms with van der Waals surface area (Å²) < 4.78 is 1.45. The lowest BCUT2D eigenvalue weighted by atomic mass is 10.6. The Balaban J connectivity index is 1.38. The van der Waals surface area contributed by atoms with E-state index in [1.54, 1.807) is 0 Å². The van der Waals surface area contributed by atoms with E-state index in [0.717, 1.165) is 20.7 Å². The number of thiol groups is 2. The Bertz CT molecular complexity index is 333. The monoisotopic (exact) mass is 432 g/mol. The van der Waals surface area contributed by atoms with Crippen molar-refractivity contribution >= 4 is 95.8 Å². The molecule has 2 atom stereocenters. The molecular weight excluding hydrogens is 413 g/mol. The van der Waals surface area contributed by atoms with Gasteiger partial charge in [0.2, 0.25) is 0 Å². The van der Waals surface area contributed by atoms with Gasteiger partial charge in [-0.15, -0.1) is 47.0 Å². The molecule has 21 heavy (non-hydrogen) atoms. The van der Waals surface area contributed by atoms with Gasteiger partial charge in [0, 0.05) is 32.8 Å². The van der Waals surface area contributed by atoms with Crippen molar-refractivity contribution < 1.29 is 0 Å². The number of thioether (sulfide) groups is 6. The van der Waals surface area contributed by atoms with Crippen molar-refractivity contribution in [2.24, 2.45) is 0 Å². The summed E-state index contributed by atoms with van der Waals surface area (Å²) >= 11 is 20.8. The summed E-state index contributed by atoms with van der Waals surface area (Å²) in [6.07, 6.45) is 1.33. The molecule has 0 fully saturated rings. The maximum Gasteiger partial charge on any atom is 0.0678 e. The van der Waals surface area contributed by atoms with E-state index in [9.17, 15) is 0 Å². The van der Waals surface area contributed by atoms with Crippen LogP contribution in [0.2, 0.25) is 0 Å². The second-order valence-electron chi connectivity index (χ2n) is 4.35. The van der Waals surface area contributed by atoms with Crippen molar-refractivity contribution in [2.45, 2.75) is 15.6 Å². The van der Waals surface area contributed by atoms with Crippen LogP contribution in [0.5, 0.6) is 0 Å². The Kier molecular flexibility index (Phi) is 11.0. The SMILES string of the molecule is SCC1=CSC(CSCCCSCC2SC=C(CS)S2)S1. The zero-order valence-corrected chi connectivity index (χ0v) is 18.3. The largest absolute Gasteiger partial charge is 0.174 e. The molecule has 0 N–H and O–H groups in total. The highest BCUT2D eigenvalue weighted by Crippen LogP contribution is 2.42. The predicted octanol–water partition coefficient (Wildman–Crippen LogP) is 6.00. The third-order valence-corrected chi connectivity index (χ3v) is 12.2. The molecule has 0 aromatic carbocycles. The second-order valence-corrected chi connectivity index (χ2v) is 12.7. The third-order valence-electron chi connectivity index (χ3n) is 2.67. The molecule has 120 valence electrons. The summed E-state index contributed by atoms with van der Waals surface area (Å²) in [6.45, 7) is 0. The molecule has 0 bridgehead atoms. The summed E-state index contributed by atoms with van der Waals surface area (Å²) in [7, 11) is 0. The molecule has 2 aliphatic rings. The van der Waals surface area contributed by atoms with Crippen molar-refractivity contribution in [3.63, 3.8) is 0 Å². The smallest absolute Gasteiger partial charge is 0.0678 e. The van der Waals surface area contributed by atoms with Crippen LogP contribution >= 0.6 is 95.8 Å². The van der Waals surface area contributed by atoms with Gasteiger partial charge < -0.3 is 0 Å². The van der Waals surface area contributed by atoms with Crippen molar-refractivity contribution in [1.29, 1.82) is 0 Å². The van der Waals surface area contributed by atoms with Crippen LogP contribution in [0.4, 0.5) is 0 Å². The second kappa shape index (κ2) is 11.8. The van der Waals surface area contributed by atoms with Crippen LogP contribution in [0.15, 0.2) is 20.6 Å². The van der Waals surface area contributed by atoms with Crippen LogP contribution in [0.3, 0.4) is 0 Å². The molecule has 8 heteroatoms. The molecule has 0 aromatic rings. The standard InChI is InChI=1S/C13H20S8/c14-4-10-6-18-12(20-10)8-16-2-1-3-17-9-13-19-7-11(5-15)21-13/h6-7,12-15H,1-5,8-9H2. The maximum atomic E-state index is 4.33. The van der Waals surface area contributed by atoms with E-state index in [2.05, 4.69) is 59.6 Å². The van der Waals surface area contributed by atoms with Gasteiger partial charge in [-0.3, -0.25) is 0 Å². The van der Waals surface area contributed by atoms with Crippen molar-refractivity contribution in [3.8, 4) is 0 Å². The van der Waals surface area contributed by atoms with Gasteiger partial charge in [-0.1, -0.05) is 0 Å². The fourth-order valence-corrected chi connectivity index (χ4v) is 10.4. The molecule has 0 aromatic heterocycles. The molecule has 0 nitrogen and oxygen atoms in total. The van der Waals surface area contributed by atoms with Crippen LogP contribution in [-0.2, 0) is 0 Å². The topological polar surface area (TPSA) is 0 Å². The minimum absolute atomic E-state index is 0.724. The highest BCUT2D eigenvalue weighted by Gasteiger charge is 2.18. The number of rotatable bonds is 10. The zero-order chi connectivity index (χ0) is 14.9. The fraction of sp³-hybridized carbons (Fsp3) is 0.692. The Morgan fingerprint density at radius 3 is 1.71 bits per heavy atom. The van der Waals surface area contributed by atoms with Gasteiger partial charge in [-0.2, -0.15) is 48.8 Å². The average Bonchev–Trinajstić information content (AvgIpc) is 3.15. The Hall–Kier alpha value is 2.28. The van der Waals surface area contributed by atoms with Crippen molar-refractivity contribution in [2.75, 3.05) is 34.5 Å². The number of hydrogen-bond acceptors (Lipinski definition) is 8. The Morgan fingerprint density at radius 1 is 0.857 bits per heavy atom. The van der Waals surface area contributed by atoms with Crippen LogP contribution < -0.4 is 0 Å². The van der Waals surface area contributed by atoms with E-state index in [4.69, 9.17) is 0 Å². The number of hydrogen-bond donors (Lipinski definition) is 2. The van der Waals surface area contributed by atoms with Crippen molar-refractivity contribution in [3.05, 3.63) is 20.6 Å². The van der Waals surface area contributed by atoms with Crippen LogP contribution in [0.1, 0.15) is 6.42 Å². The first-order chi connectivity index (χ1) is 10.3. The minimum atomic E-state index is 0.724. The fourth-order valence-electron chi connectivity index (χ4n) is 1.67. The predicted molar refractivity (Wildman–Crippen MR) is 121 cm³/mol. The molecule has 0 amide bonds. The van der Waals surface area contributed by atoms with Gasteiger partial charge in [-0.05, 0) is 28.7 Å². The minimum Gasteiger partial charge on any atom is -0.174 e. The lowest BCUT2D eigenvalue weighted by Gasteiger charge is -2.09. The Morgan fingerprint density at radius 2 is 1.33 bits per heavy atom. The van der Waals surface area contributed by atoms with E-state index >= 15 is 0 Å². The lowest BCUT2D eigenvalue weighted by molar-refractivity contribution is 1.12. The first kappa shape index (κ1) is 19.6. The van der Waals surface area contributed by atoms with Gasteiger partial charge >= 0.3 is 0 Å². The van der Waals surface area contributed by atoms with E-state index < -0.39 is 0 Å². The normalized spacial score (nSPS) is 25.2. The molecule has 0 spiro atoms. The van der Waals surface area contributed by atoms with Gasteiger partial charge in [0.1, 0.15) is 0 Å². The van der Waals surface area contributed by atoms with Gasteiger partial charge in [0.25, 0.3) is 0 Å². The highest BCUT2D eigenvalue weighted by atomic mass is 32.2. The molecule has 0 aliphatic carbocycles. The van der Waals surface area contributed by atoms with E-state index in [1.807, 2.05) is 47.0 Å². The molecular formula is C13H20S8. The van der Waals surface area contributed by atoms with Crippen LogP contribution in [-0.4, -0.2) is 43.7 Å². The molecule has 2 rings (SSSR count). The van der Waals surface area contributed by atoms with E-state index in [0.29, 0.717) is 0 Å². The van der Waals surface area contributed by atoms with Gasteiger partial charge in [0.15, 0.2) is 0 Å². The first-order valence-corrected chi connectivity index (χ1v) is 13.9. The molecule has 0 saturated carbocycles. The summed E-state index contributed by atoms with van der Waals surface area (Å²) in [5.41, 5.74) is 0. The summed E-state index contributed by atoms with van der Waals surface area (Å²) in [6, 6.07) is 0. The molecule has 2 heterocycles. The first-order valence-electron chi connectivity index (χ1n) is 6.71. The van der Waals surface area contributed by atoms with Crippen molar-refractivity contribution in [1.82, 2.24) is 0 Å². The molecule has 0 saturated heterocycles.